The first-order chi connectivity index (χ1) is 19.1. The number of hydrogen-bond donors (Lipinski definition) is 0. The number of aryl methyl sites for hydroxylation is 3. The lowest BCUT2D eigenvalue weighted by atomic mass is 9.95. The fourth-order valence-corrected chi connectivity index (χ4v) is 7.21. The smallest absolute Gasteiger partial charge is 0.128 e. The van der Waals surface area contributed by atoms with Crippen LogP contribution in [-0.4, -0.2) is 6.61 Å². The monoisotopic (exact) mass is 566 g/mol. The van der Waals surface area contributed by atoms with Crippen molar-refractivity contribution in [1.82, 2.24) is 0 Å². The summed E-state index contributed by atoms with van der Waals surface area (Å²) in [5.74, 6) is 1.07. The predicted octanol–water partition coefficient (Wildman–Crippen LogP) is 13.0. The largest absolute Gasteiger partial charge is 0.493 e. The van der Waals surface area contributed by atoms with E-state index in [-0.39, 0.29) is 0 Å². The van der Waals surface area contributed by atoms with E-state index in [4.69, 9.17) is 4.74 Å². The van der Waals surface area contributed by atoms with Crippen LogP contribution in [0.1, 0.15) is 132 Å². The molecular weight excluding hydrogens is 513 g/mol. The van der Waals surface area contributed by atoms with Gasteiger partial charge in [-0.05, 0) is 80.6 Å². The van der Waals surface area contributed by atoms with Crippen LogP contribution in [0.25, 0.3) is 20.9 Å². The summed E-state index contributed by atoms with van der Waals surface area (Å²) in [6, 6.07) is 14.0. The van der Waals surface area contributed by atoms with Crippen molar-refractivity contribution in [2.45, 2.75) is 137 Å². The van der Waals surface area contributed by atoms with Crippen molar-refractivity contribution in [3.8, 4) is 26.6 Å². The van der Waals surface area contributed by atoms with Gasteiger partial charge < -0.3 is 4.74 Å². The molecule has 0 radical (unpaired) electrons. The van der Waals surface area contributed by atoms with Crippen LogP contribution < -0.4 is 4.74 Å². The van der Waals surface area contributed by atoms with Crippen LogP contribution in [0.2, 0.25) is 0 Å². The molecule has 0 unspecified atom stereocenters. The second-order valence-corrected chi connectivity index (χ2v) is 14.0. The number of hydrogen-bond acceptors (Lipinski definition) is 3. The Morgan fingerprint density at radius 1 is 0.538 bits per heavy atom. The summed E-state index contributed by atoms with van der Waals surface area (Å²) in [4.78, 5) is 5.46. The van der Waals surface area contributed by atoms with Gasteiger partial charge in [0, 0.05) is 25.1 Å². The topological polar surface area (TPSA) is 9.23 Å². The summed E-state index contributed by atoms with van der Waals surface area (Å²) < 4.78 is 6.57. The van der Waals surface area contributed by atoms with Gasteiger partial charge in [0.1, 0.15) is 5.75 Å². The van der Waals surface area contributed by atoms with E-state index >= 15 is 0 Å². The van der Waals surface area contributed by atoms with Gasteiger partial charge >= 0.3 is 0 Å². The molecule has 0 amide bonds. The van der Waals surface area contributed by atoms with E-state index in [2.05, 4.69) is 64.1 Å². The predicted molar refractivity (Wildman–Crippen MR) is 177 cm³/mol. The van der Waals surface area contributed by atoms with Crippen LogP contribution in [0.3, 0.4) is 0 Å². The van der Waals surface area contributed by atoms with Crippen LogP contribution in [0.4, 0.5) is 0 Å². The molecule has 39 heavy (non-hydrogen) atoms. The Bertz CT molecular complexity index is 1060. The zero-order valence-corrected chi connectivity index (χ0v) is 27.0. The number of thiophene rings is 2. The minimum Gasteiger partial charge on any atom is -0.493 e. The molecule has 3 heteroatoms. The van der Waals surface area contributed by atoms with E-state index in [1.807, 2.05) is 22.7 Å². The maximum absolute atomic E-state index is 6.57. The molecule has 0 saturated carbocycles. The third-order valence-corrected chi connectivity index (χ3v) is 9.84. The average molecular weight is 567 g/mol. The van der Waals surface area contributed by atoms with Gasteiger partial charge in [-0.25, -0.2) is 0 Å². The molecule has 0 atom stereocenters. The Balaban J connectivity index is 1.69. The molecule has 0 spiro atoms. The standard InChI is InChI=1S/C36H54OS2/c1-5-7-9-11-13-15-17-19-21-31-27-33(36-25-23-30(4)39-36)34(28-32(31)35-24-22-29(3)38-35)37-26-20-18-16-14-12-10-8-6-2/h22-25,27-28H,5-21,26H2,1-4H3. The number of rotatable bonds is 21. The Kier molecular flexibility index (Phi) is 15.3. The Morgan fingerprint density at radius 2 is 1.03 bits per heavy atom. The maximum atomic E-state index is 6.57. The van der Waals surface area contributed by atoms with E-state index in [1.165, 1.54) is 133 Å². The van der Waals surface area contributed by atoms with Crippen LogP contribution >= 0.6 is 22.7 Å². The quantitative estimate of drug-likeness (QED) is 0.116. The van der Waals surface area contributed by atoms with E-state index in [0.29, 0.717) is 0 Å². The van der Waals surface area contributed by atoms with Crippen molar-refractivity contribution in [3.63, 3.8) is 0 Å². The van der Waals surface area contributed by atoms with Crippen molar-refractivity contribution in [1.29, 1.82) is 0 Å². The molecule has 3 rings (SSSR count). The van der Waals surface area contributed by atoms with Gasteiger partial charge in [0.05, 0.1) is 6.61 Å². The highest BCUT2D eigenvalue weighted by Crippen LogP contribution is 2.42. The fourth-order valence-electron chi connectivity index (χ4n) is 5.40. The van der Waals surface area contributed by atoms with Crippen LogP contribution in [0, 0.1) is 13.8 Å². The van der Waals surface area contributed by atoms with Gasteiger partial charge in [-0.1, -0.05) is 104 Å². The molecule has 0 N–H and O–H groups in total. The van der Waals surface area contributed by atoms with Crippen molar-refractivity contribution >= 4 is 22.7 Å². The highest BCUT2D eigenvalue weighted by molar-refractivity contribution is 7.15. The fraction of sp³-hybridized carbons (Fsp3) is 0.611. The molecule has 216 valence electrons. The third kappa shape index (κ3) is 11.4. The molecule has 0 aliphatic heterocycles. The molecule has 0 aliphatic rings. The summed E-state index contributed by atoms with van der Waals surface area (Å²) in [5, 5.41) is 0. The molecule has 2 aromatic heterocycles. The molecule has 0 aliphatic carbocycles. The molecule has 1 aromatic carbocycles. The summed E-state index contributed by atoms with van der Waals surface area (Å²) in [7, 11) is 0. The highest BCUT2D eigenvalue weighted by atomic mass is 32.1. The normalized spacial score (nSPS) is 11.4. The minimum absolute atomic E-state index is 0.812. The van der Waals surface area contributed by atoms with Crippen molar-refractivity contribution < 1.29 is 4.74 Å². The summed E-state index contributed by atoms with van der Waals surface area (Å²) in [6.45, 7) is 9.82. The molecule has 3 aromatic rings. The highest BCUT2D eigenvalue weighted by Gasteiger charge is 2.16. The van der Waals surface area contributed by atoms with Gasteiger partial charge in [-0.3, -0.25) is 0 Å². The zero-order chi connectivity index (χ0) is 27.7. The average Bonchev–Trinajstić information content (AvgIpc) is 3.57. The Morgan fingerprint density at radius 3 is 1.54 bits per heavy atom. The summed E-state index contributed by atoms with van der Waals surface area (Å²) in [6.07, 6.45) is 22.7. The molecule has 0 saturated heterocycles. The van der Waals surface area contributed by atoms with E-state index in [0.717, 1.165) is 25.2 Å². The lowest BCUT2D eigenvalue weighted by Gasteiger charge is -2.17. The Labute approximate surface area is 248 Å². The van der Waals surface area contributed by atoms with Crippen LogP contribution in [0.15, 0.2) is 36.4 Å². The zero-order valence-electron chi connectivity index (χ0n) is 25.4. The van der Waals surface area contributed by atoms with E-state index in [9.17, 15) is 0 Å². The number of benzene rings is 1. The van der Waals surface area contributed by atoms with Crippen molar-refractivity contribution in [2.24, 2.45) is 0 Å². The molecule has 0 bridgehead atoms. The SMILES string of the molecule is CCCCCCCCCCOc1cc(-c2ccc(C)s2)c(CCCCCCCCCC)cc1-c1ccc(C)s1. The molecular formula is C36H54OS2. The second kappa shape index (κ2) is 18.7. The third-order valence-electron chi connectivity index (χ3n) is 7.77. The van der Waals surface area contributed by atoms with Gasteiger partial charge in [0.2, 0.25) is 0 Å². The van der Waals surface area contributed by atoms with Crippen LogP contribution in [-0.2, 0) is 6.42 Å². The Hall–Kier alpha value is -1.58. The first-order valence-corrected chi connectivity index (χ1v) is 17.7. The summed E-state index contributed by atoms with van der Waals surface area (Å²) >= 11 is 3.80. The lowest BCUT2D eigenvalue weighted by molar-refractivity contribution is 0.305. The van der Waals surface area contributed by atoms with Gasteiger partial charge in [-0.15, -0.1) is 22.7 Å². The number of ether oxygens (including phenoxy) is 1. The molecule has 0 fully saturated rings. The van der Waals surface area contributed by atoms with Gasteiger partial charge in [0.15, 0.2) is 0 Å². The van der Waals surface area contributed by atoms with E-state index in [1.54, 1.807) is 0 Å². The minimum atomic E-state index is 0.812. The van der Waals surface area contributed by atoms with Gasteiger partial charge in [0.25, 0.3) is 0 Å². The van der Waals surface area contributed by atoms with Gasteiger partial charge in [-0.2, -0.15) is 0 Å². The maximum Gasteiger partial charge on any atom is 0.128 e. The second-order valence-electron chi connectivity index (χ2n) is 11.4. The van der Waals surface area contributed by atoms with Crippen molar-refractivity contribution in [2.75, 3.05) is 6.61 Å². The van der Waals surface area contributed by atoms with E-state index < -0.39 is 0 Å². The number of unbranched alkanes of at least 4 members (excludes halogenated alkanes) is 14. The first-order valence-electron chi connectivity index (χ1n) is 16.1. The molecule has 2 heterocycles. The summed E-state index contributed by atoms with van der Waals surface area (Å²) in [5.41, 5.74) is 4.17. The van der Waals surface area contributed by atoms with Crippen molar-refractivity contribution in [3.05, 3.63) is 51.7 Å². The molecule has 1 nitrogen and oxygen atoms in total. The van der Waals surface area contributed by atoms with Crippen LogP contribution in [0.5, 0.6) is 5.75 Å². The lowest BCUT2D eigenvalue weighted by Crippen LogP contribution is -2.01. The first kappa shape index (κ1) is 31.9.